The van der Waals surface area contributed by atoms with Crippen LogP contribution in [-0.4, -0.2) is 4.57 Å². The summed E-state index contributed by atoms with van der Waals surface area (Å²) in [6, 6.07) is 202. The van der Waals surface area contributed by atoms with Crippen molar-refractivity contribution in [1.29, 1.82) is 0 Å². The molecule has 0 atom stereocenters. The molecule has 0 N–H and O–H groups in total. The molecule has 0 saturated heterocycles. The summed E-state index contributed by atoms with van der Waals surface area (Å²) in [6.07, 6.45) is 0. The van der Waals surface area contributed by atoms with Gasteiger partial charge in [-0.1, -0.05) is 406 Å². The number of anilines is 6. The van der Waals surface area contributed by atoms with Gasteiger partial charge in [-0.3, -0.25) is 0 Å². The van der Waals surface area contributed by atoms with Crippen LogP contribution in [0.4, 0.5) is 34.1 Å². The van der Waals surface area contributed by atoms with Crippen LogP contribution in [0.2, 0.25) is 0 Å². The van der Waals surface area contributed by atoms with Gasteiger partial charge < -0.3 is 14.4 Å². The molecule has 0 bridgehead atoms. The van der Waals surface area contributed by atoms with Crippen molar-refractivity contribution < 1.29 is 0 Å². The van der Waals surface area contributed by atoms with Crippen molar-refractivity contribution in [1.82, 2.24) is 4.57 Å². The number of rotatable bonds is 18. The van der Waals surface area contributed by atoms with Crippen LogP contribution in [0.1, 0.15) is 44.5 Å². The first-order valence-corrected chi connectivity index (χ1v) is 49.2. The SMILES string of the molecule is c1ccc(C2(c3ccccc3)c3ccccc3-c3ccc(N(c4ccc(-c5ccc(-c6ccccc6-n6c7ccccc7c7ccccc76)cc5)cc4)c4ccc(-c5cccc(-c6ccc7cc(-c8ccc9c(c8)-c8ccc(N(c%10ccc(-c%11cccc(-c%12ccc%13ccccc%13c%12)c%11)cc%10)c%10cccc%11sc%12ccccc%12c%10%11)cc8C9(c8ccccc8)c8ccccc8)ccc7c6)c5)cc4)cc32)cc1. The molecular formula is C136H89N3S. The molecule has 2 heterocycles. The summed E-state index contributed by atoms with van der Waals surface area (Å²) in [6.45, 7) is 0. The van der Waals surface area contributed by atoms with E-state index in [0.29, 0.717) is 0 Å². The molecular weight excluding hydrogens is 1710 g/mol. The van der Waals surface area contributed by atoms with E-state index in [1.165, 1.54) is 164 Å². The molecule has 2 aliphatic carbocycles. The van der Waals surface area contributed by atoms with Crippen molar-refractivity contribution >= 4 is 109 Å². The number of benzene rings is 23. The first-order valence-electron chi connectivity index (χ1n) is 48.4. The highest BCUT2D eigenvalue weighted by Gasteiger charge is 2.49. The Morgan fingerprint density at radius 1 is 0.179 bits per heavy atom. The van der Waals surface area contributed by atoms with Crippen molar-refractivity contribution in [3.8, 4) is 106 Å². The molecule has 0 spiro atoms. The summed E-state index contributed by atoms with van der Waals surface area (Å²) in [7, 11) is 0. The normalized spacial score (nSPS) is 12.7. The zero-order valence-corrected chi connectivity index (χ0v) is 77.5. The van der Waals surface area contributed by atoms with Crippen molar-refractivity contribution in [3.63, 3.8) is 0 Å². The zero-order valence-electron chi connectivity index (χ0n) is 76.6. The van der Waals surface area contributed by atoms with Crippen molar-refractivity contribution in [2.45, 2.75) is 10.8 Å². The summed E-state index contributed by atoms with van der Waals surface area (Å²) < 4.78 is 4.95. The topological polar surface area (TPSA) is 11.4 Å². The average Bonchev–Trinajstić information content (AvgIpc) is 1.53. The van der Waals surface area contributed by atoms with Gasteiger partial charge >= 0.3 is 0 Å². The molecule has 27 rings (SSSR count). The van der Waals surface area contributed by atoms with Crippen molar-refractivity contribution in [2.24, 2.45) is 0 Å². The van der Waals surface area contributed by atoms with Crippen LogP contribution in [0.5, 0.6) is 0 Å². The average molecular weight is 1800 g/mol. The fourth-order valence-corrected chi connectivity index (χ4v) is 24.4. The van der Waals surface area contributed by atoms with Gasteiger partial charge in [-0.25, -0.2) is 0 Å². The summed E-state index contributed by atoms with van der Waals surface area (Å²) in [4.78, 5) is 4.96. The third-order valence-electron chi connectivity index (χ3n) is 29.7. The molecule has 0 saturated carbocycles. The molecule has 0 fully saturated rings. The molecule has 0 unspecified atom stereocenters. The summed E-state index contributed by atoms with van der Waals surface area (Å²) >= 11 is 1.86. The van der Waals surface area contributed by atoms with E-state index in [9.17, 15) is 0 Å². The van der Waals surface area contributed by atoms with Crippen molar-refractivity contribution in [2.75, 3.05) is 9.80 Å². The van der Waals surface area contributed by atoms with E-state index in [-0.39, 0.29) is 0 Å². The number of hydrogen-bond acceptors (Lipinski definition) is 3. The van der Waals surface area contributed by atoms with Crippen LogP contribution < -0.4 is 9.80 Å². The summed E-state index contributed by atoms with van der Waals surface area (Å²) in [5.41, 5.74) is 40.0. The monoisotopic (exact) mass is 1800 g/mol. The Kier molecular flexibility index (Phi) is 19.6. The smallest absolute Gasteiger partial charge is 0.0714 e. The van der Waals surface area contributed by atoms with Crippen molar-refractivity contribution in [3.05, 3.63) is 584 Å². The second-order valence-corrected chi connectivity index (χ2v) is 38.3. The third kappa shape index (κ3) is 13.5. The van der Waals surface area contributed by atoms with E-state index in [1.54, 1.807) is 0 Å². The van der Waals surface area contributed by atoms with Crippen LogP contribution in [0.25, 0.3) is 169 Å². The lowest BCUT2D eigenvalue weighted by Crippen LogP contribution is -2.28. The maximum atomic E-state index is 2.52. The Balaban J connectivity index is 0.519. The second-order valence-electron chi connectivity index (χ2n) is 37.3. The standard InChI is InChI=1S/C136H89N3S/c1-5-34-107(35-6-1)135(108-36-7-2-8-37-108)124-47-20-15-43-117(124)118-79-77-114(88-126(118)135)137(111-71-64-92(65-72-111)91-54-57-95(58-55-91)116-42-16-21-48-128(116)139-129-49-22-17-44-120(129)121-45-18-23-50-130(121)139)112-73-66-93(67-74-112)97-30-26-33-100(83-97)102-60-61-104-86-105(63-62-103(104)85-102)106-70-81-125-123(87-106)119-80-78-115(89-127(119)136(125,109-38-9-3-10-39-109)110-40-11-4-12-41-110)138(131-51-27-53-133-134(131)122-46-19-24-52-132(122)140-133)113-75-68-94(69-76-113)98-31-25-32-99(82-98)101-59-56-90-28-13-14-29-96(90)84-101/h1-89H. The first kappa shape index (κ1) is 81.7. The Morgan fingerprint density at radius 3 is 1.06 bits per heavy atom. The van der Waals surface area contributed by atoms with Gasteiger partial charge in [-0.15, -0.1) is 11.3 Å². The Bertz CT molecular complexity index is 9020. The number of hydrogen-bond donors (Lipinski definition) is 0. The molecule has 2 aliphatic rings. The van der Waals surface area contributed by atoms with Gasteiger partial charge in [0.25, 0.3) is 0 Å². The largest absolute Gasteiger partial charge is 0.310 e. The lowest BCUT2D eigenvalue weighted by molar-refractivity contribution is 0.768. The quantitative estimate of drug-likeness (QED) is 0.0848. The molecule has 25 aromatic rings. The van der Waals surface area contributed by atoms with Crippen LogP contribution in [0.3, 0.4) is 0 Å². The van der Waals surface area contributed by atoms with E-state index < -0.39 is 10.8 Å². The van der Waals surface area contributed by atoms with E-state index in [1.807, 2.05) is 11.3 Å². The molecule has 654 valence electrons. The Morgan fingerprint density at radius 2 is 0.521 bits per heavy atom. The highest BCUT2D eigenvalue weighted by molar-refractivity contribution is 7.26. The maximum Gasteiger partial charge on any atom is 0.0714 e. The summed E-state index contributed by atoms with van der Waals surface area (Å²) in [5, 5.41) is 9.85. The minimum atomic E-state index is -0.673. The number of fused-ring (bicyclic) bond motifs is 14. The van der Waals surface area contributed by atoms with Gasteiger partial charge in [-0.05, 0) is 294 Å². The van der Waals surface area contributed by atoms with E-state index in [0.717, 1.165) is 84.3 Å². The van der Waals surface area contributed by atoms with Gasteiger partial charge in [0.05, 0.1) is 33.2 Å². The van der Waals surface area contributed by atoms with E-state index in [4.69, 9.17) is 0 Å². The van der Waals surface area contributed by atoms with Gasteiger partial charge in [0.2, 0.25) is 0 Å². The van der Waals surface area contributed by atoms with Gasteiger partial charge in [0.15, 0.2) is 0 Å². The highest BCUT2D eigenvalue weighted by atomic mass is 32.1. The minimum Gasteiger partial charge on any atom is -0.310 e. The van der Waals surface area contributed by atoms with E-state index >= 15 is 0 Å². The fourth-order valence-electron chi connectivity index (χ4n) is 23.3. The number of nitrogens with zero attached hydrogens (tertiary/aromatic N) is 3. The minimum absolute atomic E-state index is 0.582. The van der Waals surface area contributed by atoms with Crippen LogP contribution in [-0.2, 0) is 10.8 Å². The molecule has 140 heavy (non-hydrogen) atoms. The maximum absolute atomic E-state index is 2.52. The predicted molar refractivity (Wildman–Crippen MR) is 591 cm³/mol. The predicted octanol–water partition coefficient (Wildman–Crippen LogP) is 36.8. The van der Waals surface area contributed by atoms with Gasteiger partial charge in [-0.2, -0.15) is 0 Å². The molecule has 2 aromatic heterocycles. The van der Waals surface area contributed by atoms with E-state index in [2.05, 4.69) is 554 Å². The first-order chi connectivity index (χ1) is 69.4. The molecule has 0 radical (unpaired) electrons. The lowest BCUT2D eigenvalue weighted by Gasteiger charge is -2.35. The lowest BCUT2D eigenvalue weighted by atomic mass is 9.67. The van der Waals surface area contributed by atoms with Gasteiger partial charge in [0, 0.05) is 64.9 Å². The Labute approximate surface area is 818 Å². The molecule has 3 nitrogen and oxygen atoms in total. The number of thiophene rings is 1. The van der Waals surface area contributed by atoms with Crippen LogP contribution in [0, 0.1) is 0 Å². The molecule has 0 amide bonds. The van der Waals surface area contributed by atoms with Crippen LogP contribution >= 0.6 is 11.3 Å². The van der Waals surface area contributed by atoms with Gasteiger partial charge in [0.1, 0.15) is 0 Å². The Hall–Kier alpha value is -17.8. The molecule has 4 heteroatoms. The highest BCUT2D eigenvalue weighted by Crippen LogP contribution is 2.61. The summed E-state index contributed by atoms with van der Waals surface area (Å²) in [5.74, 6) is 0. The fraction of sp³-hybridized carbons (Fsp3) is 0.0147. The third-order valence-corrected chi connectivity index (χ3v) is 30.9. The number of para-hydroxylation sites is 3. The molecule has 23 aromatic carbocycles. The van der Waals surface area contributed by atoms with Crippen LogP contribution in [0.15, 0.2) is 540 Å². The molecule has 0 aliphatic heterocycles. The second kappa shape index (κ2) is 33.6. The zero-order chi connectivity index (χ0) is 92.4. The number of aromatic nitrogens is 1.